The van der Waals surface area contributed by atoms with E-state index in [0.29, 0.717) is 16.0 Å². The molecule has 0 aliphatic rings. The minimum absolute atomic E-state index is 0.0530. The van der Waals surface area contributed by atoms with Gasteiger partial charge in [-0.05, 0) is 47.1 Å². The van der Waals surface area contributed by atoms with Gasteiger partial charge in [0.2, 0.25) is 0 Å². The van der Waals surface area contributed by atoms with Gasteiger partial charge in [-0.1, -0.05) is 34.8 Å². The molecule has 0 radical (unpaired) electrons. The third-order valence-corrected chi connectivity index (χ3v) is 5.47. The van der Waals surface area contributed by atoms with Crippen molar-refractivity contribution in [3.05, 3.63) is 49.6 Å². The third-order valence-electron chi connectivity index (χ3n) is 2.53. The van der Waals surface area contributed by atoms with Crippen molar-refractivity contribution in [2.24, 2.45) is 0 Å². The molecule has 2 rings (SSSR count). The van der Waals surface area contributed by atoms with Crippen molar-refractivity contribution >= 4 is 66.4 Å². The van der Waals surface area contributed by atoms with Crippen LogP contribution in [0.4, 0.5) is 5.69 Å². The monoisotopic (exact) mass is 428 g/mol. The van der Waals surface area contributed by atoms with Gasteiger partial charge in [0.15, 0.2) is 0 Å². The Morgan fingerprint density at radius 2 is 1.71 bits per heavy atom. The lowest BCUT2D eigenvalue weighted by molar-refractivity contribution is 0.601. The van der Waals surface area contributed by atoms with Crippen LogP contribution in [0.3, 0.4) is 0 Å². The Balaban J connectivity index is 2.48. The molecule has 0 amide bonds. The van der Waals surface area contributed by atoms with Crippen molar-refractivity contribution < 1.29 is 8.42 Å². The molecule has 21 heavy (non-hydrogen) atoms. The van der Waals surface area contributed by atoms with E-state index in [0.717, 1.165) is 0 Å². The van der Waals surface area contributed by atoms with Crippen molar-refractivity contribution in [2.45, 2.75) is 11.8 Å². The van der Waals surface area contributed by atoms with Gasteiger partial charge in [-0.3, -0.25) is 4.72 Å². The number of nitrogens with one attached hydrogen (secondary N) is 1. The van der Waals surface area contributed by atoms with Crippen molar-refractivity contribution in [1.29, 1.82) is 0 Å². The predicted octanol–water partition coefficient (Wildman–Crippen LogP) is 4.91. The lowest BCUT2D eigenvalue weighted by Gasteiger charge is -2.12. The summed E-state index contributed by atoms with van der Waals surface area (Å²) in [5, 5.41) is 0.149. The summed E-state index contributed by atoms with van der Waals surface area (Å²) < 4.78 is 27.9. The first kappa shape index (κ1) is 16.8. The number of hydrogen-bond donors (Lipinski definition) is 1. The number of anilines is 1. The molecule has 0 aliphatic heterocycles. The van der Waals surface area contributed by atoms with Crippen molar-refractivity contribution in [3.8, 4) is 0 Å². The smallest absolute Gasteiger partial charge is 0.264 e. The van der Waals surface area contributed by atoms with Gasteiger partial charge in [-0.2, -0.15) is 0 Å². The van der Waals surface area contributed by atoms with Gasteiger partial charge in [-0.25, -0.2) is 13.4 Å². The van der Waals surface area contributed by atoms with Crippen LogP contribution in [-0.2, 0) is 10.0 Å². The highest BCUT2D eigenvalue weighted by molar-refractivity contribution is 9.10. The molecule has 0 fully saturated rings. The zero-order valence-electron chi connectivity index (χ0n) is 10.5. The fourth-order valence-corrected chi connectivity index (χ4v) is 4.68. The summed E-state index contributed by atoms with van der Waals surface area (Å²) in [5.74, 6) is 0. The predicted molar refractivity (Wildman–Crippen MR) is 89.0 cm³/mol. The lowest BCUT2D eigenvalue weighted by atomic mass is 10.3. The van der Waals surface area contributed by atoms with E-state index in [4.69, 9.17) is 34.8 Å². The molecule has 112 valence electrons. The molecule has 9 heteroatoms. The molecular weight excluding hydrogens is 422 g/mol. The molecular formula is C12H8BrCl3N2O2S. The number of aryl methyl sites for hydroxylation is 1. The van der Waals surface area contributed by atoms with Crippen LogP contribution in [0.2, 0.25) is 15.1 Å². The van der Waals surface area contributed by atoms with E-state index in [1.807, 2.05) is 0 Å². The maximum absolute atomic E-state index is 12.4. The fourth-order valence-electron chi connectivity index (χ4n) is 1.62. The Kier molecular flexibility index (Phi) is 5.05. The standard InChI is InChI=1S/C12H8BrCl3N2O2S/c1-6-10(2-3-11(13)17-6)18-21(19,20)12-8(15)4-7(14)5-9(12)16/h2-5,18H,1H3. The third kappa shape index (κ3) is 3.81. The van der Waals surface area contributed by atoms with Crippen LogP contribution in [0.25, 0.3) is 0 Å². The molecule has 1 aromatic heterocycles. The Labute approximate surface area is 145 Å². The summed E-state index contributed by atoms with van der Waals surface area (Å²) in [4.78, 5) is 3.89. The first-order valence-electron chi connectivity index (χ1n) is 5.51. The number of halogens is 4. The molecule has 4 nitrogen and oxygen atoms in total. The van der Waals surface area contributed by atoms with Gasteiger partial charge >= 0.3 is 0 Å². The number of hydrogen-bond acceptors (Lipinski definition) is 3. The molecule has 1 N–H and O–H groups in total. The van der Waals surface area contributed by atoms with Crippen LogP contribution >= 0.6 is 50.7 Å². The normalized spacial score (nSPS) is 11.5. The van der Waals surface area contributed by atoms with E-state index in [-0.39, 0.29) is 20.0 Å². The summed E-state index contributed by atoms with van der Waals surface area (Å²) in [6.45, 7) is 1.67. The summed E-state index contributed by atoms with van der Waals surface area (Å²) in [5.41, 5.74) is 0.842. The van der Waals surface area contributed by atoms with Crippen molar-refractivity contribution in [1.82, 2.24) is 4.98 Å². The molecule has 0 aliphatic carbocycles. The molecule has 2 aromatic rings. The lowest BCUT2D eigenvalue weighted by Crippen LogP contribution is -2.15. The van der Waals surface area contributed by atoms with Crippen LogP contribution in [0.5, 0.6) is 0 Å². The average Bonchev–Trinajstić information content (AvgIpc) is 2.30. The van der Waals surface area contributed by atoms with Crippen LogP contribution in [-0.4, -0.2) is 13.4 Å². The Morgan fingerprint density at radius 3 is 2.24 bits per heavy atom. The molecule has 0 atom stereocenters. The van der Waals surface area contributed by atoms with E-state index in [2.05, 4.69) is 25.6 Å². The minimum atomic E-state index is -3.95. The molecule has 0 unspecified atom stereocenters. The number of nitrogens with zero attached hydrogens (tertiary/aromatic N) is 1. The number of rotatable bonds is 3. The minimum Gasteiger partial charge on any atom is -0.278 e. The highest BCUT2D eigenvalue weighted by atomic mass is 79.9. The maximum atomic E-state index is 12.4. The molecule has 0 spiro atoms. The summed E-state index contributed by atoms with van der Waals surface area (Å²) in [6, 6.07) is 5.84. The van der Waals surface area contributed by atoms with Gasteiger partial charge in [0.25, 0.3) is 10.0 Å². The van der Waals surface area contributed by atoms with Crippen molar-refractivity contribution in [3.63, 3.8) is 0 Å². The number of sulfonamides is 1. The second kappa shape index (κ2) is 6.30. The van der Waals surface area contributed by atoms with E-state index >= 15 is 0 Å². The van der Waals surface area contributed by atoms with Crippen LogP contribution in [0.15, 0.2) is 33.8 Å². The zero-order chi connectivity index (χ0) is 15.8. The van der Waals surface area contributed by atoms with Gasteiger partial charge in [-0.15, -0.1) is 0 Å². The SMILES string of the molecule is Cc1nc(Br)ccc1NS(=O)(=O)c1c(Cl)cc(Cl)cc1Cl. The maximum Gasteiger partial charge on any atom is 0.264 e. The second-order valence-corrected chi connectivity index (χ2v) is 7.75. The molecule has 0 bridgehead atoms. The number of aromatic nitrogens is 1. The van der Waals surface area contributed by atoms with Gasteiger partial charge in [0.1, 0.15) is 9.50 Å². The molecule has 0 saturated heterocycles. The molecule has 1 heterocycles. The highest BCUT2D eigenvalue weighted by Gasteiger charge is 2.23. The van der Waals surface area contributed by atoms with Crippen LogP contribution < -0.4 is 4.72 Å². The van der Waals surface area contributed by atoms with Crippen LogP contribution in [0, 0.1) is 6.92 Å². The number of benzene rings is 1. The van der Waals surface area contributed by atoms with Gasteiger partial charge in [0, 0.05) is 5.02 Å². The molecule has 1 aromatic carbocycles. The van der Waals surface area contributed by atoms with E-state index < -0.39 is 10.0 Å². The molecule has 0 saturated carbocycles. The van der Waals surface area contributed by atoms with Gasteiger partial charge < -0.3 is 0 Å². The quantitative estimate of drug-likeness (QED) is 0.704. The van der Waals surface area contributed by atoms with Crippen LogP contribution in [0.1, 0.15) is 5.69 Å². The van der Waals surface area contributed by atoms with E-state index in [9.17, 15) is 8.42 Å². The summed E-state index contributed by atoms with van der Waals surface area (Å²) in [7, 11) is -3.95. The Hall–Kier alpha value is -0.530. The average molecular weight is 431 g/mol. The Bertz CT molecular complexity index is 789. The first-order chi connectivity index (χ1) is 9.70. The topological polar surface area (TPSA) is 59.1 Å². The first-order valence-corrected chi connectivity index (χ1v) is 8.92. The summed E-state index contributed by atoms with van der Waals surface area (Å²) >= 11 is 20.9. The number of pyridine rings is 1. The highest BCUT2D eigenvalue weighted by Crippen LogP contribution is 2.34. The van der Waals surface area contributed by atoms with E-state index in [1.165, 1.54) is 12.1 Å². The zero-order valence-corrected chi connectivity index (χ0v) is 15.2. The summed E-state index contributed by atoms with van der Waals surface area (Å²) in [6.07, 6.45) is 0. The second-order valence-electron chi connectivity index (χ2n) is 4.07. The fraction of sp³-hybridized carbons (Fsp3) is 0.0833. The largest absolute Gasteiger partial charge is 0.278 e. The Morgan fingerprint density at radius 1 is 1.14 bits per heavy atom. The van der Waals surface area contributed by atoms with E-state index in [1.54, 1.807) is 19.1 Å². The van der Waals surface area contributed by atoms with Crippen molar-refractivity contribution in [2.75, 3.05) is 4.72 Å². The van der Waals surface area contributed by atoms with Gasteiger partial charge in [0.05, 0.1) is 21.4 Å².